The Balaban J connectivity index is 1.83. The molecule has 2 N–H and O–H groups in total. The van der Waals surface area contributed by atoms with Gasteiger partial charge in [-0.2, -0.15) is 5.10 Å². The lowest BCUT2D eigenvalue weighted by atomic mass is 10.1. The fraction of sp³-hybridized carbons (Fsp3) is 0.250. The summed E-state index contributed by atoms with van der Waals surface area (Å²) in [6.45, 7) is 1.41. The summed E-state index contributed by atoms with van der Waals surface area (Å²) in [7, 11) is 1.58. The first kappa shape index (κ1) is 17.4. The summed E-state index contributed by atoms with van der Waals surface area (Å²) in [6, 6.07) is 20.2. The summed E-state index contributed by atoms with van der Waals surface area (Å²) in [5.74, 6) is 0. The van der Waals surface area contributed by atoms with Crippen molar-refractivity contribution in [1.29, 1.82) is 0 Å². The van der Waals surface area contributed by atoms with Gasteiger partial charge in [-0.15, -0.1) is 0 Å². The molecule has 0 aliphatic rings. The predicted molar refractivity (Wildman–Crippen MR) is 98.6 cm³/mol. The number of nitrogens with one attached hydrogen (secondary N) is 1. The standard InChI is InChI=1S/C20H23N3O2/c1-25-15-19(24)13-21-12-17-14-23(18-10-6-3-7-11-18)22-20(17)16-8-4-2-5-9-16/h2-11,14,19,21,24H,12-13,15H2,1H3. The smallest absolute Gasteiger partial charge is 0.0972 e. The Morgan fingerprint density at radius 3 is 2.44 bits per heavy atom. The monoisotopic (exact) mass is 337 g/mol. The van der Waals surface area contributed by atoms with E-state index < -0.39 is 6.10 Å². The molecule has 1 heterocycles. The van der Waals surface area contributed by atoms with Crippen molar-refractivity contribution >= 4 is 0 Å². The largest absolute Gasteiger partial charge is 0.389 e. The van der Waals surface area contributed by atoms with E-state index in [1.807, 2.05) is 59.4 Å². The predicted octanol–water partition coefficient (Wildman–Crippen LogP) is 2.64. The number of methoxy groups -OCH3 is 1. The number of para-hydroxylation sites is 1. The second kappa shape index (κ2) is 8.58. The Morgan fingerprint density at radius 1 is 1.08 bits per heavy atom. The van der Waals surface area contributed by atoms with Gasteiger partial charge in [0.25, 0.3) is 0 Å². The number of aromatic nitrogens is 2. The molecule has 0 fully saturated rings. The molecular formula is C20H23N3O2. The molecule has 0 aliphatic carbocycles. The molecule has 5 heteroatoms. The minimum absolute atomic E-state index is 0.321. The van der Waals surface area contributed by atoms with E-state index in [1.54, 1.807) is 7.11 Å². The third-order valence-electron chi connectivity index (χ3n) is 3.91. The lowest BCUT2D eigenvalue weighted by Gasteiger charge is -2.10. The number of ether oxygens (including phenoxy) is 1. The van der Waals surface area contributed by atoms with Crippen LogP contribution in [0.5, 0.6) is 0 Å². The topological polar surface area (TPSA) is 59.3 Å². The molecule has 5 nitrogen and oxygen atoms in total. The molecule has 3 aromatic rings. The normalized spacial score (nSPS) is 12.2. The first-order chi connectivity index (χ1) is 12.3. The van der Waals surface area contributed by atoms with Gasteiger partial charge in [0.05, 0.1) is 24.1 Å². The van der Waals surface area contributed by atoms with Crippen molar-refractivity contribution in [1.82, 2.24) is 15.1 Å². The molecule has 2 aromatic carbocycles. The van der Waals surface area contributed by atoms with Crippen molar-refractivity contribution in [3.8, 4) is 16.9 Å². The van der Waals surface area contributed by atoms with Crippen molar-refractivity contribution in [3.05, 3.63) is 72.4 Å². The summed E-state index contributed by atoms with van der Waals surface area (Å²) in [4.78, 5) is 0. The van der Waals surface area contributed by atoms with Crippen LogP contribution in [0.15, 0.2) is 66.9 Å². The number of nitrogens with zero attached hydrogens (tertiary/aromatic N) is 2. The molecule has 0 amide bonds. The quantitative estimate of drug-likeness (QED) is 0.663. The fourth-order valence-electron chi connectivity index (χ4n) is 2.72. The molecule has 0 saturated heterocycles. The minimum atomic E-state index is -0.519. The maximum atomic E-state index is 9.79. The summed E-state index contributed by atoms with van der Waals surface area (Å²) in [5.41, 5.74) is 4.12. The summed E-state index contributed by atoms with van der Waals surface area (Å²) >= 11 is 0. The Bertz CT molecular complexity index is 772. The van der Waals surface area contributed by atoms with Gasteiger partial charge >= 0.3 is 0 Å². The van der Waals surface area contributed by atoms with Crippen LogP contribution in [0.1, 0.15) is 5.56 Å². The van der Waals surface area contributed by atoms with Gasteiger partial charge in [-0.3, -0.25) is 0 Å². The second-order valence-corrected chi connectivity index (χ2v) is 5.89. The van der Waals surface area contributed by atoms with Crippen LogP contribution in [0, 0.1) is 0 Å². The van der Waals surface area contributed by atoms with Crippen LogP contribution in [-0.4, -0.2) is 41.3 Å². The third kappa shape index (κ3) is 4.54. The van der Waals surface area contributed by atoms with E-state index in [9.17, 15) is 5.11 Å². The Kier molecular flexibility index (Phi) is 5.95. The van der Waals surface area contributed by atoms with Gasteiger partial charge in [0.15, 0.2) is 0 Å². The van der Waals surface area contributed by atoms with E-state index in [0.717, 1.165) is 22.5 Å². The van der Waals surface area contributed by atoms with E-state index in [2.05, 4.69) is 17.4 Å². The molecule has 130 valence electrons. The van der Waals surface area contributed by atoms with Crippen molar-refractivity contribution < 1.29 is 9.84 Å². The molecule has 0 bridgehead atoms. The summed E-state index contributed by atoms with van der Waals surface area (Å²) < 4.78 is 6.85. The third-order valence-corrected chi connectivity index (χ3v) is 3.91. The highest BCUT2D eigenvalue weighted by Gasteiger charge is 2.12. The Labute approximate surface area is 147 Å². The van der Waals surface area contributed by atoms with E-state index in [-0.39, 0.29) is 0 Å². The zero-order valence-corrected chi connectivity index (χ0v) is 14.3. The number of aliphatic hydroxyl groups is 1. The van der Waals surface area contributed by atoms with E-state index in [1.165, 1.54) is 0 Å². The molecule has 0 radical (unpaired) electrons. The van der Waals surface area contributed by atoms with Gasteiger partial charge in [-0.1, -0.05) is 48.5 Å². The van der Waals surface area contributed by atoms with Gasteiger partial charge in [0.2, 0.25) is 0 Å². The second-order valence-electron chi connectivity index (χ2n) is 5.89. The number of rotatable bonds is 8. The molecule has 0 spiro atoms. The number of aliphatic hydroxyl groups excluding tert-OH is 1. The maximum absolute atomic E-state index is 9.79. The zero-order chi connectivity index (χ0) is 17.5. The van der Waals surface area contributed by atoms with Crippen molar-refractivity contribution in [2.24, 2.45) is 0 Å². The van der Waals surface area contributed by atoms with Gasteiger partial charge in [-0.05, 0) is 12.1 Å². The highest BCUT2D eigenvalue weighted by molar-refractivity contribution is 5.63. The Morgan fingerprint density at radius 2 is 1.76 bits per heavy atom. The van der Waals surface area contributed by atoms with Crippen LogP contribution < -0.4 is 5.32 Å². The Hall–Kier alpha value is -2.47. The molecule has 1 unspecified atom stereocenters. The first-order valence-electron chi connectivity index (χ1n) is 8.35. The zero-order valence-electron chi connectivity index (χ0n) is 14.3. The molecular weight excluding hydrogens is 314 g/mol. The van der Waals surface area contributed by atoms with Gasteiger partial charge in [0.1, 0.15) is 0 Å². The highest BCUT2D eigenvalue weighted by Crippen LogP contribution is 2.23. The lowest BCUT2D eigenvalue weighted by Crippen LogP contribution is -2.29. The van der Waals surface area contributed by atoms with Crippen LogP contribution in [0.25, 0.3) is 16.9 Å². The molecule has 3 rings (SSSR count). The van der Waals surface area contributed by atoms with Crippen molar-refractivity contribution in [3.63, 3.8) is 0 Å². The summed E-state index contributed by atoms with van der Waals surface area (Å²) in [6.07, 6.45) is 1.52. The van der Waals surface area contributed by atoms with Crippen LogP contribution in [0.4, 0.5) is 0 Å². The SMILES string of the molecule is COCC(O)CNCc1cn(-c2ccccc2)nc1-c1ccccc1. The van der Waals surface area contributed by atoms with Crippen LogP contribution in [0.2, 0.25) is 0 Å². The average Bonchev–Trinajstić information content (AvgIpc) is 3.08. The fourth-order valence-corrected chi connectivity index (χ4v) is 2.72. The number of hydrogen-bond donors (Lipinski definition) is 2. The number of hydrogen-bond acceptors (Lipinski definition) is 4. The van der Waals surface area contributed by atoms with Crippen LogP contribution in [-0.2, 0) is 11.3 Å². The molecule has 25 heavy (non-hydrogen) atoms. The highest BCUT2D eigenvalue weighted by atomic mass is 16.5. The van der Waals surface area contributed by atoms with Gasteiger partial charge in [0, 0.05) is 37.5 Å². The van der Waals surface area contributed by atoms with Crippen LogP contribution in [0.3, 0.4) is 0 Å². The maximum Gasteiger partial charge on any atom is 0.0972 e. The summed E-state index contributed by atoms with van der Waals surface area (Å²) in [5, 5.41) is 17.8. The van der Waals surface area contributed by atoms with Crippen LogP contribution >= 0.6 is 0 Å². The van der Waals surface area contributed by atoms with E-state index in [0.29, 0.717) is 19.7 Å². The molecule has 1 aromatic heterocycles. The first-order valence-corrected chi connectivity index (χ1v) is 8.35. The molecule has 0 saturated carbocycles. The minimum Gasteiger partial charge on any atom is -0.389 e. The average molecular weight is 337 g/mol. The van der Waals surface area contributed by atoms with E-state index in [4.69, 9.17) is 9.84 Å². The van der Waals surface area contributed by atoms with Crippen molar-refractivity contribution in [2.45, 2.75) is 12.6 Å². The van der Waals surface area contributed by atoms with Crippen molar-refractivity contribution in [2.75, 3.05) is 20.3 Å². The van der Waals surface area contributed by atoms with Gasteiger partial charge < -0.3 is 15.2 Å². The van der Waals surface area contributed by atoms with Gasteiger partial charge in [-0.25, -0.2) is 4.68 Å². The molecule has 1 atom stereocenters. The van der Waals surface area contributed by atoms with E-state index >= 15 is 0 Å². The number of benzene rings is 2. The molecule has 0 aliphatic heterocycles. The lowest BCUT2D eigenvalue weighted by molar-refractivity contribution is 0.0644.